The predicted molar refractivity (Wildman–Crippen MR) is 118 cm³/mol. The molecule has 6 nitrogen and oxygen atoms in total. The monoisotopic (exact) mass is 456 g/mol. The summed E-state index contributed by atoms with van der Waals surface area (Å²) in [4.78, 5) is 28.9. The van der Waals surface area contributed by atoms with Gasteiger partial charge < -0.3 is 14.8 Å². The second kappa shape index (κ2) is 7.93. The highest BCUT2D eigenvalue weighted by Gasteiger charge is 2.43. The third-order valence-corrected chi connectivity index (χ3v) is 5.65. The van der Waals surface area contributed by atoms with Crippen LogP contribution in [0.4, 0.5) is 23.7 Å². The molecule has 1 atom stereocenters. The van der Waals surface area contributed by atoms with Gasteiger partial charge in [-0.1, -0.05) is 49.6 Å². The molecule has 1 amide bonds. The maximum Gasteiger partial charge on any atom is 0.417 e. The van der Waals surface area contributed by atoms with E-state index in [1.807, 2.05) is 0 Å². The summed E-state index contributed by atoms with van der Waals surface area (Å²) in [6.45, 7) is 7.04. The van der Waals surface area contributed by atoms with Gasteiger partial charge in [0.1, 0.15) is 5.60 Å². The van der Waals surface area contributed by atoms with Crippen LogP contribution in [0.1, 0.15) is 5.56 Å². The number of H-pyrrole nitrogens is 1. The molecule has 0 bridgehead atoms. The van der Waals surface area contributed by atoms with Crippen LogP contribution < -0.4 is 10.5 Å². The van der Waals surface area contributed by atoms with Crippen LogP contribution in [-0.2, 0) is 10.9 Å². The topological polar surface area (TPSA) is 82.6 Å². The number of halogens is 3. The standard InChI is InChI=1S/C24H19F3N2O4/c1-3-23(32,4-2)20-13-29(22(31)33-20)15-10-9-14-11-19(28-21(30)17(14)12-15)16-7-5-6-8-18(16)24(25,26)27/h3-12,20,32H,1-2,13H2,(H,28,30)/t20-/m0/s1. The summed E-state index contributed by atoms with van der Waals surface area (Å²) in [7, 11) is 0. The molecule has 9 heteroatoms. The molecule has 0 unspecified atom stereocenters. The lowest BCUT2D eigenvalue weighted by atomic mass is 9.97. The van der Waals surface area contributed by atoms with Crippen LogP contribution in [-0.4, -0.2) is 34.4 Å². The fourth-order valence-electron chi connectivity index (χ4n) is 3.79. The number of amides is 1. The SMILES string of the molecule is C=CC(O)(C=C)[C@@H]1CN(c2ccc3cc(-c4ccccc4C(F)(F)F)[nH]c(=O)c3c2)C(=O)O1. The molecule has 1 aliphatic rings. The molecule has 0 aliphatic carbocycles. The van der Waals surface area contributed by atoms with E-state index in [2.05, 4.69) is 18.1 Å². The van der Waals surface area contributed by atoms with Crippen molar-refractivity contribution in [2.75, 3.05) is 11.4 Å². The van der Waals surface area contributed by atoms with Gasteiger partial charge in [0.15, 0.2) is 6.10 Å². The number of hydrogen-bond donors (Lipinski definition) is 2. The summed E-state index contributed by atoms with van der Waals surface area (Å²) in [5, 5.41) is 11.0. The minimum atomic E-state index is -4.59. The van der Waals surface area contributed by atoms with E-state index in [-0.39, 0.29) is 23.2 Å². The molecule has 2 aromatic carbocycles. The average molecular weight is 456 g/mol. The Labute approximate surface area is 186 Å². The second-order valence-corrected chi connectivity index (χ2v) is 7.61. The molecular formula is C24H19F3N2O4. The number of benzene rings is 2. The molecule has 2 N–H and O–H groups in total. The Morgan fingerprint density at radius 1 is 1.09 bits per heavy atom. The molecule has 170 valence electrons. The van der Waals surface area contributed by atoms with Crippen molar-refractivity contribution in [2.45, 2.75) is 17.9 Å². The molecule has 1 aliphatic heterocycles. The first-order chi connectivity index (χ1) is 15.6. The quantitative estimate of drug-likeness (QED) is 0.548. The van der Waals surface area contributed by atoms with Gasteiger partial charge in [-0.25, -0.2) is 4.79 Å². The van der Waals surface area contributed by atoms with E-state index >= 15 is 0 Å². The van der Waals surface area contributed by atoms with Crippen molar-refractivity contribution in [3.05, 3.63) is 89.8 Å². The van der Waals surface area contributed by atoms with Crippen molar-refractivity contribution in [1.29, 1.82) is 0 Å². The number of carbonyl (C=O) groups is 1. The van der Waals surface area contributed by atoms with Crippen LogP contribution in [0.2, 0.25) is 0 Å². The number of nitrogens with one attached hydrogen (secondary N) is 1. The number of nitrogens with zero attached hydrogens (tertiary/aromatic N) is 1. The summed E-state index contributed by atoms with van der Waals surface area (Å²) < 4.78 is 45.5. The van der Waals surface area contributed by atoms with Crippen LogP contribution >= 0.6 is 0 Å². The van der Waals surface area contributed by atoms with Gasteiger partial charge in [0.2, 0.25) is 0 Å². The minimum absolute atomic E-state index is 0.0200. The fraction of sp³-hybridized carbons (Fsp3) is 0.167. The molecule has 0 spiro atoms. The molecule has 0 saturated carbocycles. The lowest BCUT2D eigenvalue weighted by molar-refractivity contribution is -0.137. The number of pyridine rings is 1. The van der Waals surface area contributed by atoms with Crippen molar-refractivity contribution in [1.82, 2.24) is 4.98 Å². The first-order valence-corrected chi connectivity index (χ1v) is 9.89. The van der Waals surface area contributed by atoms with Gasteiger partial charge >= 0.3 is 12.3 Å². The van der Waals surface area contributed by atoms with E-state index in [9.17, 15) is 27.9 Å². The summed E-state index contributed by atoms with van der Waals surface area (Å²) in [5.74, 6) is 0. The van der Waals surface area contributed by atoms with Gasteiger partial charge in [0.05, 0.1) is 12.1 Å². The number of cyclic esters (lactones) is 1. The van der Waals surface area contributed by atoms with Gasteiger partial charge in [0.25, 0.3) is 5.56 Å². The molecule has 1 aromatic heterocycles. The van der Waals surface area contributed by atoms with Crippen LogP contribution in [0.15, 0.2) is 78.6 Å². The zero-order valence-corrected chi connectivity index (χ0v) is 17.2. The lowest BCUT2D eigenvalue weighted by Crippen LogP contribution is -2.41. The molecule has 1 saturated heterocycles. The van der Waals surface area contributed by atoms with E-state index in [4.69, 9.17) is 4.74 Å². The Bertz CT molecular complexity index is 1320. The summed E-state index contributed by atoms with van der Waals surface area (Å²) in [6, 6.07) is 10.9. The lowest BCUT2D eigenvalue weighted by Gasteiger charge is -2.25. The molecule has 33 heavy (non-hydrogen) atoms. The first-order valence-electron chi connectivity index (χ1n) is 9.89. The smallest absolute Gasteiger partial charge is 0.417 e. The molecule has 4 rings (SSSR count). The summed E-state index contributed by atoms with van der Waals surface area (Å²) in [6.07, 6.45) is -3.83. The minimum Gasteiger partial charge on any atom is -0.440 e. The Morgan fingerprint density at radius 2 is 1.79 bits per heavy atom. The number of fused-ring (bicyclic) bond motifs is 1. The first kappa shape index (κ1) is 22.3. The van der Waals surface area contributed by atoms with E-state index in [1.165, 1.54) is 53.5 Å². The Hall–Kier alpha value is -3.85. The Balaban J connectivity index is 1.74. The molecule has 3 aromatic rings. The highest BCUT2D eigenvalue weighted by atomic mass is 19.4. The molecule has 2 heterocycles. The fourth-order valence-corrected chi connectivity index (χ4v) is 3.79. The Kier molecular flexibility index (Phi) is 5.37. The van der Waals surface area contributed by atoms with Crippen LogP contribution in [0, 0.1) is 0 Å². The third kappa shape index (κ3) is 3.91. The second-order valence-electron chi connectivity index (χ2n) is 7.61. The number of aromatic nitrogens is 1. The van der Waals surface area contributed by atoms with Gasteiger partial charge in [-0.05, 0) is 29.7 Å². The Morgan fingerprint density at radius 3 is 2.45 bits per heavy atom. The number of rotatable bonds is 5. The van der Waals surface area contributed by atoms with Crippen molar-refractivity contribution >= 4 is 22.6 Å². The number of alkyl halides is 3. The van der Waals surface area contributed by atoms with Crippen molar-refractivity contribution < 1.29 is 27.8 Å². The van der Waals surface area contributed by atoms with E-state index in [0.29, 0.717) is 11.1 Å². The van der Waals surface area contributed by atoms with E-state index in [1.54, 1.807) is 6.07 Å². The van der Waals surface area contributed by atoms with Crippen LogP contribution in [0.3, 0.4) is 0 Å². The normalized spacial score (nSPS) is 16.7. The van der Waals surface area contributed by atoms with Crippen molar-refractivity contribution in [3.63, 3.8) is 0 Å². The van der Waals surface area contributed by atoms with Crippen molar-refractivity contribution in [2.24, 2.45) is 0 Å². The molecule has 0 radical (unpaired) electrons. The maximum atomic E-state index is 13.4. The van der Waals surface area contributed by atoms with Crippen LogP contribution in [0.5, 0.6) is 0 Å². The number of anilines is 1. The summed E-state index contributed by atoms with van der Waals surface area (Å²) in [5.41, 5.74) is -2.89. The van der Waals surface area contributed by atoms with Gasteiger partial charge in [-0.2, -0.15) is 13.2 Å². The third-order valence-electron chi connectivity index (χ3n) is 5.65. The highest BCUT2D eigenvalue weighted by Crippen LogP contribution is 2.37. The number of ether oxygens (including phenoxy) is 1. The largest absolute Gasteiger partial charge is 0.440 e. The van der Waals surface area contributed by atoms with Gasteiger partial charge in [0, 0.05) is 22.3 Å². The highest BCUT2D eigenvalue weighted by molar-refractivity contribution is 5.95. The number of carbonyl (C=O) groups excluding carboxylic acids is 1. The summed E-state index contributed by atoms with van der Waals surface area (Å²) >= 11 is 0. The maximum absolute atomic E-state index is 13.4. The van der Waals surface area contributed by atoms with Crippen LogP contribution in [0.25, 0.3) is 22.0 Å². The van der Waals surface area contributed by atoms with E-state index in [0.717, 1.165) is 6.07 Å². The molecule has 1 fully saturated rings. The average Bonchev–Trinajstić information content (AvgIpc) is 3.20. The number of hydrogen-bond acceptors (Lipinski definition) is 4. The van der Waals surface area contributed by atoms with Gasteiger partial charge in [-0.3, -0.25) is 9.69 Å². The van der Waals surface area contributed by atoms with Crippen molar-refractivity contribution in [3.8, 4) is 11.3 Å². The molecular weight excluding hydrogens is 437 g/mol. The van der Waals surface area contributed by atoms with E-state index < -0.39 is 35.1 Å². The zero-order valence-electron chi connectivity index (χ0n) is 17.2. The predicted octanol–water partition coefficient (Wildman–Crippen LogP) is 4.64. The zero-order chi connectivity index (χ0) is 24.0. The number of aliphatic hydroxyl groups is 1. The van der Waals surface area contributed by atoms with Gasteiger partial charge in [-0.15, -0.1) is 0 Å². The number of aromatic amines is 1.